The van der Waals surface area contributed by atoms with Gasteiger partial charge in [0, 0.05) is 29.9 Å². The van der Waals surface area contributed by atoms with Gasteiger partial charge in [0.2, 0.25) is 0 Å². The second-order valence-corrected chi connectivity index (χ2v) is 3.55. The predicted octanol–water partition coefficient (Wildman–Crippen LogP) is 2.84. The molecule has 1 heterocycles. The molecule has 0 saturated carbocycles. The van der Waals surface area contributed by atoms with Gasteiger partial charge < -0.3 is 10.1 Å². The van der Waals surface area contributed by atoms with Gasteiger partial charge in [0.05, 0.1) is 6.10 Å². The first kappa shape index (κ1) is 8.85. The van der Waals surface area contributed by atoms with Crippen LogP contribution >= 0.6 is 11.6 Å². The highest BCUT2D eigenvalue weighted by atomic mass is 35.5. The average molecular weight is 198 g/mol. The lowest BCUT2D eigenvalue weighted by Gasteiger charge is -2.26. The van der Waals surface area contributed by atoms with Crippen molar-refractivity contribution in [3.8, 4) is 0 Å². The fraction of sp³-hybridized carbons (Fsp3) is 0.400. The summed E-state index contributed by atoms with van der Waals surface area (Å²) in [6.45, 7) is 0.950. The Hall–Kier alpha value is -0.730. The molecule has 70 valence electrons. The molecule has 13 heavy (non-hydrogen) atoms. The van der Waals surface area contributed by atoms with Crippen molar-refractivity contribution < 1.29 is 4.74 Å². The fourth-order valence-corrected chi connectivity index (χ4v) is 2.03. The lowest BCUT2D eigenvalue weighted by molar-refractivity contribution is 0.0966. The van der Waals surface area contributed by atoms with E-state index in [0.29, 0.717) is 0 Å². The second-order valence-electron chi connectivity index (χ2n) is 3.14. The molecule has 0 aliphatic carbocycles. The van der Waals surface area contributed by atoms with Crippen LogP contribution in [0.25, 0.3) is 0 Å². The molecule has 0 spiro atoms. The molecule has 1 aromatic rings. The van der Waals surface area contributed by atoms with E-state index in [0.717, 1.165) is 29.2 Å². The summed E-state index contributed by atoms with van der Waals surface area (Å²) in [4.78, 5) is 0. The summed E-state index contributed by atoms with van der Waals surface area (Å²) in [5.74, 6) is 0. The fourth-order valence-electron chi connectivity index (χ4n) is 1.74. The lowest BCUT2D eigenvalue weighted by Crippen LogP contribution is -2.18. The quantitative estimate of drug-likeness (QED) is 0.748. The summed E-state index contributed by atoms with van der Waals surface area (Å²) in [7, 11) is 1.73. The van der Waals surface area contributed by atoms with E-state index >= 15 is 0 Å². The number of methoxy groups -OCH3 is 1. The third kappa shape index (κ3) is 1.52. The van der Waals surface area contributed by atoms with Crippen LogP contribution < -0.4 is 5.32 Å². The molecule has 0 fully saturated rings. The van der Waals surface area contributed by atoms with Gasteiger partial charge in [-0.2, -0.15) is 0 Å². The standard InChI is InChI=1S/C10H12ClNO/c1-13-9-5-6-12-8-4-2-3-7(11)10(8)9/h2-4,9,12H,5-6H2,1H3. The third-order valence-electron chi connectivity index (χ3n) is 2.38. The SMILES string of the molecule is COC1CCNc2cccc(Cl)c21. The van der Waals surface area contributed by atoms with Gasteiger partial charge >= 0.3 is 0 Å². The van der Waals surface area contributed by atoms with Crippen molar-refractivity contribution in [2.45, 2.75) is 12.5 Å². The summed E-state index contributed by atoms with van der Waals surface area (Å²) in [5.41, 5.74) is 2.20. The minimum atomic E-state index is 0.143. The van der Waals surface area contributed by atoms with Gasteiger partial charge in [-0.25, -0.2) is 0 Å². The van der Waals surface area contributed by atoms with Crippen LogP contribution in [-0.2, 0) is 4.74 Å². The first-order chi connectivity index (χ1) is 6.33. The van der Waals surface area contributed by atoms with Gasteiger partial charge in [0.1, 0.15) is 0 Å². The van der Waals surface area contributed by atoms with Crippen LogP contribution in [-0.4, -0.2) is 13.7 Å². The highest BCUT2D eigenvalue weighted by Crippen LogP contribution is 2.36. The molecule has 2 rings (SSSR count). The minimum Gasteiger partial charge on any atom is -0.385 e. The highest BCUT2D eigenvalue weighted by molar-refractivity contribution is 6.31. The molecular weight excluding hydrogens is 186 g/mol. The van der Waals surface area contributed by atoms with Crippen LogP contribution in [0.1, 0.15) is 18.1 Å². The molecule has 1 atom stereocenters. The zero-order chi connectivity index (χ0) is 9.26. The van der Waals surface area contributed by atoms with Gasteiger partial charge in [-0.15, -0.1) is 0 Å². The van der Waals surface area contributed by atoms with Crippen LogP contribution in [0.15, 0.2) is 18.2 Å². The monoisotopic (exact) mass is 197 g/mol. The van der Waals surface area contributed by atoms with Crippen molar-refractivity contribution in [1.29, 1.82) is 0 Å². The van der Waals surface area contributed by atoms with Gasteiger partial charge in [-0.05, 0) is 18.6 Å². The predicted molar refractivity (Wildman–Crippen MR) is 54.3 cm³/mol. The van der Waals surface area contributed by atoms with Crippen LogP contribution in [0, 0.1) is 0 Å². The number of ether oxygens (including phenoxy) is 1. The van der Waals surface area contributed by atoms with Crippen molar-refractivity contribution in [2.75, 3.05) is 19.0 Å². The Morgan fingerprint density at radius 1 is 1.54 bits per heavy atom. The largest absolute Gasteiger partial charge is 0.385 e. The maximum absolute atomic E-state index is 6.10. The molecule has 0 aromatic heterocycles. The van der Waals surface area contributed by atoms with Gasteiger partial charge in [-0.1, -0.05) is 17.7 Å². The molecule has 1 aliphatic heterocycles. The Morgan fingerprint density at radius 2 is 2.38 bits per heavy atom. The lowest BCUT2D eigenvalue weighted by atomic mass is 10.0. The van der Waals surface area contributed by atoms with Crippen molar-refractivity contribution >= 4 is 17.3 Å². The molecule has 1 aromatic carbocycles. The molecule has 0 bridgehead atoms. The van der Waals surface area contributed by atoms with Crippen LogP contribution in [0.4, 0.5) is 5.69 Å². The normalized spacial score (nSPS) is 20.6. The van der Waals surface area contributed by atoms with Crippen LogP contribution in [0.2, 0.25) is 5.02 Å². The number of fused-ring (bicyclic) bond motifs is 1. The zero-order valence-corrected chi connectivity index (χ0v) is 8.27. The number of nitrogens with one attached hydrogen (secondary N) is 1. The molecule has 1 aliphatic rings. The first-order valence-electron chi connectivity index (χ1n) is 4.38. The summed E-state index contributed by atoms with van der Waals surface area (Å²) in [6, 6.07) is 5.89. The van der Waals surface area contributed by atoms with Crippen molar-refractivity contribution in [3.63, 3.8) is 0 Å². The minimum absolute atomic E-state index is 0.143. The van der Waals surface area contributed by atoms with E-state index in [2.05, 4.69) is 5.32 Å². The Labute approximate surface area is 82.9 Å². The number of anilines is 1. The molecule has 1 N–H and O–H groups in total. The van der Waals surface area contributed by atoms with Crippen LogP contribution in [0.3, 0.4) is 0 Å². The van der Waals surface area contributed by atoms with E-state index in [1.165, 1.54) is 0 Å². The first-order valence-corrected chi connectivity index (χ1v) is 4.76. The van der Waals surface area contributed by atoms with Crippen molar-refractivity contribution in [3.05, 3.63) is 28.8 Å². The van der Waals surface area contributed by atoms with E-state index in [4.69, 9.17) is 16.3 Å². The number of benzene rings is 1. The van der Waals surface area contributed by atoms with Crippen molar-refractivity contribution in [1.82, 2.24) is 0 Å². The van der Waals surface area contributed by atoms with Gasteiger partial charge in [-0.3, -0.25) is 0 Å². The molecule has 0 radical (unpaired) electrons. The van der Waals surface area contributed by atoms with Crippen LogP contribution in [0.5, 0.6) is 0 Å². The maximum Gasteiger partial charge on any atom is 0.0872 e. The Kier molecular flexibility index (Phi) is 2.42. The number of halogens is 1. The van der Waals surface area contributed by atoms with Gasteiger partial charge in [0.15, 0.2) is 0 Å². The van der Waals surface area contributed by atoms with E-state index < -0.39 is 0 Å². The summed E-state index contributed by atoms with van der Waals surface area (Å²) >= 11 is 6.10. The van der Waals surface area contributed by atoms with E-state index in [9.17, 15) is 0 Å². The molecule has 3 heteroatoms. The molecular formula is C10H12ClNO. The Balaban J connectivity index is 2.47. The molecule has 1 unspecified atom stereocenters. The number of hydrogen-bond acceptors (Lipinski definition) is 2. The topological polar surface area (TPSA) is 21.3 Å². The van der Waals surface area contributed by atoms with Gasteiger partial charge in [0.25, 0.3) is 0 Å². The molecule has 2 nitrogen and oxygen atoms in total. The summed E-state index contributed by atoms with van der Waals surface area (Å²) in [5, 5.41) is 4.09. The molecule has 0 saturated heterocycles. The highest BCUT2D eigenvalue weighted by Gasteiger charge is 2.21. The smallest absolute Gasteiger partial charge is 0.0872 e. The zero-order valence-electron chi connectivity index (χ0n) is 7.51. The second kappa shape index (κ2) is 3.56. The summed E-state index contributed by atoms with van der Waals surface area (Å²) in [6.07, 6.45) is 1.12. The average Bonchev–Trinajstić information content (AvgIpc) is 2.17. The van der Waals surface area contributed by atoms with E-state index in [-0.39, 0.29) is 6.10 Å². The number of rotatable bonds is 1. The van der Waals surface area contributed by atoms with Crippen molar-refractivity contribution in [2.24, 2.45) is 0 Å². The van der Waals surface area contributed by atoms with E-state index in [1.807, 2.05) is 18.2 Å². The Morgan fingerprint density at radius 3 is 3.15 bits per heavy atom. The third-order valence-corrected chi connectivity index (χ3v) is 2.71. The number of hydrogen-bond donors (Lipinski definition) is 1. The molecule has 0 amide bonds. The maximum atomic E-state index is 6.10. The Bertz CT molecular complexity index is 314. The van der Waals surface area contributed by atoms with E-state index in [1.54, 1.807) is 7.11 Å². The summed E-state index contributed by atoms with van der Waals surface area (Å²) < 4.78 is 5.37.